The molecule has 0 atom stereocenters. The molecule has 4 rings (SSSR count). The van der Waals surface area contributed by atoms with Gasteiger partial charge in [-0.1, -0.05) is 12.1 Å². The Morgan fingerprint density at radius 2 is 1.86 bits per heavy atom. The highest BCUT2D eigenvalue weighted by Gasteiger charge is 2.23. The number of rotatable bonds is 4. The molecule has 0 spiro atoms. The Hall–Kier alpha value is -3.20. The summed E-state index contributed by atoms with van der Waals surface area (Å²) in [5.41, 5.74) is 1.30. The molecule has 1 aromatic carbocycles. The summed E-state index contributed by atoms with van der Waals surface area (Å²) in [6.45, 7) is 3.63. The SMILES string of the molecule is Cc1c(C)n2c3c(=O)n(CCCO)c(=O)n(C)c3nc2n1-c1ccccc1F. The lowest BCUT2D eigenvalue weighted by Gasteiger charge is -2.08. The Morgan fingerprint density at radius 1 is 1.14 bits per heavy atom. The second-order valence-electron chi connectivity index (χ2n) is 6.75. The van der Waals surface area contributed by atoms with E-state index in [0.29, 0.717) is 11.5 Å². The maximum Gasteiger partial charge on any atom is 0.332 e. The van der Waals surface area contributed by atoms with Crippen LogP contribution in [0.25, 0.3) is 22.6 Å². The van der Waals surface area contributed by atoms with Gasteiger partial charge >= 0.3 is 5.69 Å². The molecule has 0 saturated heterocycles. The zero-order chi connectivity index (χ0) is 20.2. The van der Waals surface area contributed by atoms with Crippen molar-refractivity contribution in [1.29, 1.82) is 0 Å². The number of para-hydroxylation sites is 1. The summed E-state index contributed by atoms with van der Waals surface area (Å²) >= 11 is 0. The van der Waals surface area contributed by atoms with E-state index in [1.807, 2.05) is 13.8 Å². The summed E-state index contributed by atoms with van der Waals surface area (Å²) in [6, 6.07) is 6.33. The van der Waals surface area contributed by atoms with Gasteiger partial charge in [-0.05, 0) is 32.4 Å². The summed E-state index contributed by atoms with van der Waals surface area (Å²) in [5.74, 6) is -0.0495. The van der Waals surface area contributed by atoms with Crippen LogP contribution in [0.2, 0.25) is 0 Å². The summed E-state index contributed by atoms with van der Waals surface area (Å²) in [7, 11) is 1.54. The second-order valence-corrected chi connectivity index (χ2v) is 6.75. The molecule has 146 valence electrons. The molecule has 0 aliphatic heterocycles. The number of aliphatic hydroxyl groups excluding tert-OH is 1. The van der Waals surface area contributed by atoms with E-state index >= 15 is 0 Å². The van der Waals surface area contributed by atoms with Crippen molar-refractivity contribution in [3.8, 4) is 5.69 Å². The van der Waals surface area contributed by atoms with Crippen molar-refractivity contribution in [2.24, 2.45) is 7.05 Å². The van der Waals surface area contributed by atoms with E-state index in [0.717, 1.165) is 16.0 Å². The van der Waals surface area contributed by atoms with E-state index in [1.54, 1.807) is 34.2 Å². The van der Waals surface area contributed by atoms with Gasteiger partial charge in [-0.25, -0.2) is 9.18 Å². The average Bonchev–Trinajstić information content (AvgIpc) is 3.17. The van der Waals surface area contributed by atoms with Gasteiger partial charge < -0.3 is 5.11 Å². The van der Waals surface area contributed by atoms with Gasteiger partial charge in [0.05, 0.1) is 5.69 Å². The molecule has 4 aromatic rings. The predicted octanol–water partition coefficient (Wildman–Crippen LogP) is 1.28. The summed E-state index contributed by atoms with van der Waals surface area (Å²) in [6.07, 6.45) is 0.289. The number of fused-ring (bicyclic) bond motifs is 3. The Morgan fingerprint density at radius 3 is 2.54 bits per heavy atom. The van der Waals surface area contributed by atoms with Crippen LogP contribution < -0.4 is 11.2 Å². The zero-order valence-electron chi connectivity index (χ0n) is 15.8. The normalized spacial score (nSPS) is 11.8. The van der Waals surface area contributed by atoms with Crippen molar-refractivity contribution in [3.05, 3.63) is 62.3 Å². The number of halogens is 1. The fourth-order valence-electron chi connectivity index (χ4n) is 3.60. The molecular weight excluding hydrogens is 365 g/mol. The third kappa shape index (κ3) is 2.36. The van der Waals surface area contributed by atoms with Crippen LogP contribution in [0.15, 0.2) is 33.9 Å². The Bertz CT molecular complexity index is 1340. The Labute approximate surface area is 158 Å². The molecule has 8 nitrogen and oxygen atoms in total. The highest BCUT2D eigenvalue weighted by molar-refractivity contribution is 5.77. The van der Waals surface area contributed by atoms with Crippen LogP contribution in [0.1, 0.15) is 17.8 Å². The molecule has 9 heteroatoms. The van der Waals surface area contributed by atoms with Gasteiger partial charge in [0.1, 0.15) is 5.82 Å². The van der Waals surface area contributed by atoms with Crippen molar-refractivity contribution in [3.63, 3.8) is 0 Å². The van der Waals surface area contributed by atoms with E-state index < -0.39 is 17.1 Å². The molecule has 0 bridgehead atoms. The van der Waals surface area contributed by atoms with Crippen molar-refractivity contribution in [2.45, 2.75) is 26.8 Å². The van der Waals surface area contributed by atoms with Gasteiger partial charge in [0.15, 0.2) is 11.2 Å². The summed E-state index contributed by atoms with van der Waals surface area (Å²) in [4.78, 5) is 30.2. The van der Waals surface area contributed by atoms with Gasteiger partial charge in [0.25, 0.3) is 5.56 Å². The summed E-state index contributed by atoms with van der Waals surface area (Å²) < 4.78 is 20.2. The number of aromatic nitrogens is 5. The molecular formula is C19H20FN5O3. The molecule has 28 heavy (non-hydrogen) atoms. The third-order valence-corrected chi connectivity index (χ3v) is 5.15. The van der Waals surface area contributed by atoms with Crippen LogP contribution in [0, 0.1) is 19.7 Å². The third-order valence-electron chi connectivity index (χ3n) is 5.15. The van der Waals surface area contributed by atoms with Crippen molar-refractivity contribution < 1.29 is 9.50 Å². The first kappa shape index (κ1) is 18.2. The highest BCUT2D eigenvalue weighted by atomic mass is 19.1. The second kappa shape index (κ2) is 6.45. The van der Waals surface area contributed by atoms with Crippen molar-refractivity contribution in [1.82, 2.24) is 23.1 Å². The van der Waals surface area contributed by atoms with Crippen LogP contribution in [0.5, 0.6) is 0 Å². The first-order valence-corrected chi connectivity index (χ1v) is 8.94. The van der Waals surface area contributed by atoms with Crippen LogP contribution >= 0.6 is 0 Å². The fraction of sp³-hybridized carbons (Fsp3) is 0.316. The van der Waals surface area contributed by atoms with Crippen LogP contribution in [-0.2, 0) is 13.6 Å². The van der Waals surface area contributed by atoms with E-state index in [2.05, 4.69) is 4.98 Å². The van der Waals surface area contributed by atoms with E-state index in [4.69, 9.17) is 5.11 Å². The molecule has 0 unspecified atom stereocenters. The van der Waals surface area contributed by atoms with Gasteiger partial charge in [-0.2, -0.15) is 4.98 Å². The van der Waals surface area contributed by atoms with Crippen molar-refractivity contribution in [2.75, 3.05) is 6.61 Å². The highest BCUT2D eigenvalue weighted by Crippen LogP contribution is 2.25. The fourth-order valence-corrected chi connectivity index (χ4v) is 3.60. The molecule has 3 aromatic heterocycles. The monoisotopic (exact) mass is 385 g/mol. The van der Waals surface area contributed by atoms with E-state index in [1.165, 1.54) is 10.6 Å². The van der Waals surface area contributed by atoms with Gasteiger partial charge in [-0.3, -0.25) is 22.9 Å². The lowest BCUT2D eigenvalue weighted by atomic mass is 10.3. The van der Waals surface area contributed by atoms with Crippen LogP contribution in [-0.4, -0.2) is 34.8 Å². The zero-order valence-corrected chi connectivity index (χ0v) is 15.8. The first-order chi connectivity index (χ1) is 13.4. The number of hydrogen-bond acceptors (Lipinski definition) is 4. The predicted molar refractivity (Wildman–Crippen MR) is 103 cm³/mol. The molecule has 0 fully saturated rings. The standard InChI is InChI=1S/C19H20FN5O3/c1-11-12(2)25-15-16(22(3)19(28)23(17(15)27)9-6-10-26)21-18(25)24(11)14-8-5-4-7-13(14)20/h4-5,7-8,26H,6,9-10H2,1-3H3. The molecule has 1 N–H and O–H groups in total. The average molecular weight is 385 g/mol. The quantitative estimate of drug-likeness (QED) is 0.573. The van der Waals surface area contributed by atoms with Gasteiger partial charge in [0.2, 0.25) is 5.78 Å². The van der Waals surface area contributed by atoms with Crippen LogP contribution in [0.4, 0.5) is 4.39 Å². The smallest absolute Gasteiger partial charge is 0.332 e. The summed E-state index contributed by atoms with van der Waals surface area (Å²) in [5, 5.41) is 9.08. The molecule has 0 aliphatic carbocycles. The number of nitrogens with zero attached hydrogens (tertiary/aromatic N) is 5. The van der Waals surface area contributed by atoms with E-state index in [9.17, 15) is 14.0 Å². The molecule has 0 saturated carbocycles. The minimum absolute atomic E-state index is 0.108. The Balaban J connectivity index is 2.17. The largest absolute Gasteiger partial charge is 0.396 e. The number of aryl methyl sites for hydroxylation is 2. The topological polar surface area (TPSA) is 86.5 Å². The first-order valence-electron chi connectivity index (χ1n) is 8.94. The lowest BCUT2D eigenvalue weighted by Crippen LogP contribution is -2.39. The minimum Gasteiger partial charge on any atom is -0.396 e. The van der Waals surface area contributed by atoms with Gasteiger partial charge in [-0.15, -0.1) is 0 Å². The molecule has 0 radical (unpaired) electrons. The number of benzene rings is 1. The van der Waals surface area contributed by atoms with Crippen LogP contribution in [0.3, 0.4) is 0 Å². The number of imidazole rings is 2. The van der Waals surface area contributed by atoms with E-state index in [-0.39, 0.29) is 30.7 Å². The Kier molecular flexibility index (Phi) is 4.19. The number of aliphatic hydroxyl groups is 1. The maximum absolute atomic E-state index is 14.5. The minimum atomic E-state index is -0.501. The molecule has 0 amide bonds. The lowest BCUT2D eigenvalue weighted by molar-refractivity contribution is 0.277. The number of hydrogen-bond donors (Lipinski definition) is 1. The maximum atomic E-state index is 14.5. The molecule has 3 heterocycles. The van der Waals surface area contributed by atoms with Crippen molar-refractivity contribution >= 4 is 16.9 Å². The molecule has 0 aliphatic rings. The van der Waals surface area contributed by atoms with Gasteiger partial charge in [0, 0.05) is 31.6 Å².